The maximum Gasteiger partial charge on any atom is 0.220 e. The SMILES string of the molecule is CCc1ccc(CNC(=O)CC2CNC2)cc1. The quantitative estimate of drug-likeness (QED) is 0.807. The number of benzene rings is 1. The number of hydrogen-bond donors (Lipinski definition) is 2. The lowest BCUT2D eigenvalue weighted by atomic mass is 9.99. The predicted molar refractivity (Wildman–Crippen MR) is 68.6 cm³/mol. The van der Waals surface area contributed by atoms with E-state index in [2.05, 4.69) is 41.8 Å². The van der Waals surface area contributed by atoms with Gasteiger partial charge in [-0.05, 0) is 36.6 Å². The van der Waals surface area contributed by atoms with Crippen LogP contribution in [-0.4, -0.2) is 19.0 Å². The molecule has 0 atom stereocenters. The van der Waals surface area contributed by atoms with Crippen molar-refractivity contribution in [1.29, 1.82) is 0 Å². The van der Waals surface area contributed by atoms with Crippen molar-refractivity contribution in [3.8, 4) is 0 Å². The lowest BCUT2D eigenvalue weighted by Gasteiger charge is -2.26. The largest absolute Gasteiger partial charge is 0.352 e. The number of amides is 1. The molecule has 0 spiro atoms. The van der Waals surface area contributed by atoms with E-state index in [0.29, 0.717) is 18.9 Å². The van der Waals surface area contributed by atoms with Gasteiger partial charge in [0.1, 0.15) is 0 Å². The smallest absolute Gasteiger partial charge is 0.220 e. The number of carbonyl (C=O) groups is 1. The minimum Gasteiger partial charge on any atom is -0.352 e. The Balaban J connectivity index is 1.74. The summed E-state index contributed by atoms with van der Waals surface area (Å²) in [4.78, 5) is 11.6. The lowest BCUT2D eigenvalue weighted by molar-refractivity contribution is -0.122. The van der Waals surface area contributed by atoms with Gasteiger partial charge in [-0.15, -0.1) is 0 Å². The molecular formula is C14H20N2O. The summed E-state index contributed by atoms with van der Waals surface area (Å²) in [5.74, 6) is 0.702. The first-order valence-electron chi connectivity index (χ1n) is 6.33. The highest BCUT2D eigenvalue weighted by Gasteiger charge is 2.19. The summed E-state index contributed by atoms with van der Waals surface area (Å²) in [7, 11) is 0. The maximum absolute atomic E-state index is 11.6. The van der Waals surface area contributed by atoms with Gasteiger partial charge in [-0.2, -0.15) is 0 Å². The molecule has 0 radical (unpaired) electrons. The van der Waals surface area contributed by atoms with Gasteiger partial charge in [-0.1, -0.05) is 31.2 Å². The van der Waals surface area contributed by atoms with Gasteiger partial charge in [0, 0.05) is 13.0 Å². The summed E-state index contributed by atoms with van der Waals surface area (Å²) in [6.07, 6.45) is 1.71. The van der Waals surface area contributed by atoms with Crippen molar-refractivity contribution < 1.29 is 4.79 Å². The molecule has 2 N–H and O–H groups in total. The molecule has 1 aliphatic heterocycles. The van der Waals surface area contributed by atoms with Gasteiger partial charge >= 0.3 is 0 Å². The first-order chi connectivity index (χ1) is 8.28. The molecule has 1 saturated heterocycles. The van der Waals surface area contributed by atoms with Crippen LogP contribution in [0.25, 0.3) is 0 Å². The second-order valence-corrected chi connectivity index (χ2v) is 4.68. The van der Waals surface area contributed by atoms with Gasteiger partial charge in [-0.25, -0.2) is 0 Å². The van der Waals surface area contributed by atoms with Gasteiger partial charge in [0.25, 0.3) is 0 Å². The van der Waals surface area contributed by atoms with Crippen molar-refractivity contribution in [2.24, 2.45) is 5.92 Å². The Morgan fingerprint density at radius 2 is 1.94 bits per heavy atom. The molecule has 3 nitrogen and oxygen atoms in total. The zero-order valence-corrected chi connectivity index (χ0v) is 10.3. The van der Waals surface area contributed by atoms with E-state index < -0.39 is 0 Å². The van der Waals surface area contributed by atoms with Crippen molar-refractivity contribution in [2.75, 3.05) is 13.1 Å². The van der Waals surface area contributed by atoms with Crippen LogP contribution in [-0.2, 0) is 17.8 Å². The number of rotatable bonds is 5. The molecule has 1 amide bonds. The standard InChI is InChI=1S/C14H20N2O/c1-2-11-3-5-12(6-4-11)10-16-14(17)7-13-8-15-9-13/h3-6,13,15H,2,7-10H2,1H3,(H,16,17). The number of carbonyl (C=O) groups excluding carboxylic acids is 1. The molecule has 1 aromatic rings. The third-order valence-corrected chi connectivity index (χ3v) is 3.26. The Bertz CT molecular complexity index is 368. The fraction of sp³-hybridized carbons (Fsp3) is 0.500. The van der Waals surface area contributed by atoms with Gasteiger partial charge in [0.15, 0.2) is 0 Å². The molecule has 1 aliphatic rings. The molecule has 2 rings (SSSR count). The highest BCUT2D eigenvalue weighted by atomic mass is 16.1. The molecule has 0 saturated carbocycles. The third-order valence-electron chi connectivity index (χ3n) is 3.26. The Kier molecular flexibility index (Phi) is 4.15. The van der Waals surface area contributed by atoms with E-state index in [0.717, 1.165) is 19.5 Å². The second kappa shape index (κ2) is 5.82. The van der Waals surface area contributed by atoms with Crippen LogP contribution in [0.4, 0.5) is 0 Å². The number of hydrogen-bond acceptors (Lipinski definition) is 2. The van der Waals surface area contributed by atoms with Crippen LogP contribution in [0.1, 0.15) is 24.5 Å². The summed E-state index contributed by atoms with van der Waals surface area (Å²) in [5.41, 5.74) is 2.50. The molecule has 0 aromatic heterocycles. The molecule has 92 valence electrons. The van der Waals surface area contributed by atoms with Crippen molar-refractivity contribution in [3.63, 3.8) is 0 Å². The molecule has 1 fully saturated rings. The summed E-state index contributed by atoms with van der Waals surface area (Å²) in [5, 5.41) is 6.14. The molecule has 3 heteroatoms. The highest BCUT2D eigenvalue weighted by molar-refractivity contribution is 5.76. The maximum atomic E-state index is 11.6. The minimum absolute atomic E-state index is 0.163. The topological polar surface area (TPSA) is 41.1 Å². The first kappa shape index (κ1) is 12.1. The van der Waals surface area contributed by atoms with Gasteiger partial charge < -0.3 is 10.6 Å². The van der Waals surface area contributed by atoms with Gasteiger partial charge in [0.2, 0.25) is 5.91 Å². The highest BCUT2D eigenvalue weighted by Crippen LogP contribution is 2.08. The number of aryl methyl sites for hydroxylation is 1. The Hall–Kier alpha value is -1.35. The number of nitrogens with one attached hydrogen (secondary N) is 2. The zero-order chi connectivity index (χ0) is 12.1. The van der Waals surface area contributed by atoms with E-state index >= 15 is 0 Å². The molecule has 0 bridgehead atoms. The van der Waals surface area contributed by atoms with Crippen LogP contribution < -0.4 is 10.6 Å². The lowest BCUT2D eigenvalue weighted by Crippen LogP contribution is -2.44. The Morgan fingerprint density at radius 3 is 2.47 bits per heavy atom. The fourth-order valence-corrected chi connectivity index (χ4v) is 1.92. The van der Waals surface area contributed by atoms with Crippen molar-refractivity contribution in [2.45, 2.75) is 26.3 Å². The summed E-state index contributed by atoms with van der Waals surface area (Å²) < 4.78 is 0. The van der Waals surface area contributed by atoms with Crippen LogP contribution in [0.3, 0.4) is 0 Å². The molecule has 1 aromatic carbocycles. The monoisotopic (exact) mass is 232 g/mol. The molecule has 1 heterocycles. The van der Waals surface area contributed by atoms with E-state index in [9.17, 15) is 4.79 Å². The van der Waals surface area contributed by atoms with Crippen molar-refractivity contribution >= 4 is 5.91 Å². The summed E-state index contributed by atoms with van der Waals surface area (Å²) in [6.45, 7) is 4.75. The van der Waals surface area contributed by atoms with E-state index in [1.165, 1.54) is 11.1 Å². The average Bonchev–Trinajstić information content (AvgIpc) is 2.32. The van der Waals surface area contributed by atoms with E-state index in [1.54, 1.807) is 0 Å². The third kappa shape index (κ3) is 3.56. The van der Waals surface area contributed by atoms with Crippen LogP contribution in [0, 0.1) is 5.92 Å². The van der Waals surface area contributed by atoms with Crippen molar-refractivity contribution in [3.05, 3.63) is 35.4 Å². The van der Waals surface area contributed by atoms with Crippen LogP contribution in [0.2, 0.25) is 0 Å². The molecule has 0 aliphatic carbocycles. The Labute approximate surface area is 103 Å². The van der Waals surface area contributed by atoms with E-state index in [4.69, 9.17) is 0 Å². The minimum atomic E-state index is 0.163. The molecule has 17 heavy (non-hydrogen) atoms. The summed E-state index contributed by atoms with van der Waals surface area (Å²) in [6, 6.07) is 8.42. The predicted octanol–water partition coefficient (Wildman–Crippen LogP) is 1.47. The molecular weight excluding hydrogens is 212 g/mol. The van der Waals surface area contributed by atoms with E-state index in [-0.39, 0.29) is 5.91 Å². The Morgan fingerprint density at radius 1 is 1.29 bits per heavy atom. The van der Waals surface area contributed by atoms with E-state index in [1.807, 2.05) is 0 Å². The summed E-state index contributed by atoms with van der Waals surface area (Å²) >= 11 is 0. The van der Waals surface area contributed by atoms with Crippen LogP contribution in [0.15, 0.2) is 24.3 Å². The molecule has 0 unspecified atom stereocenters. The second-order valence-electron chi connectivity index (χ2n) is 4.68. The normalized spacial score (nSPS) is 15.4. The zero-order valence-electron chi connectivity index (χ0n) is 10.3. The fourth-order valence-electron chi connectivity index (χ4n) is 1.92. The van der Waals surface area contributed by atoms with Gasteiger partial charge in [0.05, 0.1) is 0 Å². The first-order valence-corrected chi connectivity index (χ1v) is 6.33. The van der Waals surface area contributed by atoms with Crippen molar-refractivity contribution in [1.82, 2.24) is 10.6 Å². The van der Waals surface area contributed by atoms with Crippen LogP contribution in [0.5, 0.6) is 0 Å². The van der Waals surface area contributed by atoms with Crippen LogP contribution >= 0.6 is 0 Å². The average molecular weight is 232 g/mol. The van der Waals surface area contributed by atoms with Gasteiger partial charge in [-0.3, -0.25) is 4.79 Å².